The number of aryl methyl sites for hydroxylation is 2. The number of rotatable bonds is 7. The average molecular weight is 809 g/mol. The van der Waals surface area contributed by atoms with Gasteiger partial charge >= 0.3 is 0 Å². The molecule has 241 valence electrons. The molecule has 0 aliphatic carbocycles. The number of aromatic nitrogens is 2. The van der Waals surface area contributed by atoms with E-state index in [-0.39, 0.29) is 20.1 Å². The number of hydrogen-bond donors (Lipinski definition) is 0. The van der Waals surface area contributed by atoms with E-state index in [0.29, 0.717) is 5.92 Å². The second-order valence-corrected chi connectivity index (χ2v) is 18.4. The molecular formula is C43H44IrN2Si-2. The molecule has 2 aromatic heterocycles. The molecule has 0 spiro atoms. The van der Waals surface area contributed by atoms with Crippen LogP contribution in [-0.2, 0) is 26.5 Å². The Balaban J connectivity index is 0.000000216. The molecule has 2 nitrogen and oxygen atoms in total. The summed E-state index contributed by atoms with van der Waals surface area (Å²) in [5, 5.41) is 1.48. The second kappa shape index (κ2) is 16.2. The van der Waals surface area contributed by atoms with Gasteiger partial charge in [-0.25, -0.2) is 0 Å². The van der Waals surface area contributed by atoms with Crippen molar-refractivity contribution < 1.29 is 20.1 Å². The van der Waals surface area contributed by atoms with E-state index in [1.54, 1.807) is 0 Å². The van der Waals surface area contributed by atoms with Crippen molar-refractivity contribution in [3.05, 3.63) is 162 Å². The second-order valence-electron chi connectivity index (χ2n) is 13.4. The molecule has 6 rings (SSSR count). The van der Waals surface area contributed by atoms with E-state index in [9.17, 15) is 0 Å². The van der Waals surface area contributed by atoms with Crippen LogP contribution in [0.2, 0.25) is 19.6 Å². The Morgan fingerprint density at radius 1 is 0.681 bits per heavy atom. The first-order valence-corrected chi connectivity index (χ1v) is 19.6. The molecule has 0 bridgehead atoms. The van der Waals surface area contributed by atoms with Gasteiger partial charge < -0.3 is 9.97 Å². The summed E-state index contributed by atoms with van der Waals surface area (Å²) in [6, 6.07) is 44.6. The number of hydrogen-bond acceptors (Lipinski definition) is 2. The zero-order valence-corrected chi connectivity index (χ0v) is 32.0. The smallest absolute Gasteiger partial charge is 0.0799 e. The maximum absolute atomic E-state index is 4.69. The maximum Gasteiger partial charge on any atom is 0.0799 e. The van der Waals surface area contributed by atoms with Crippen LogP contribution in [0.25, 0.3) is 33.6 Å². The van der Waals surface area contributed by atoms with Gasteiger partial charge in [0.05, 0.1) is 8.07 Å². The Bertz CT molecular complexity index is 1880. The molecule has 0 unspecified atom stereocenters. The maximum atomic E-state index is 4.69. The third-order valence-corrected chi connectivity index (χ3v) is 10.3. The Kier molecular flexibility index (Phi) is 12.4. The predicted molar refractivity (Wildman–Crippen MR) is 198 cm³/mol. The predicted octanol–water partition coefficient (Wildman–Crippen LogP) is 10.6. The summed E-state index contributed by atoms with van der Waals surface area (Å²) in [4.78, 5) is 9.35. The molecule has 0 amide bonds. The molecule has 47 heavy (non-hydrogen) atoms. The first kappa shape index (κ1) is 35.9. The fraction of sp³-hybridized carbons (Fsp3) is 0.209. The molecule has 0 aliphatic heterocycles. The molecule has 4 heteroatoms. The van der Waals surface area contributed by atoms with Crippen molar-refractivity contribution in [2.24, 2.45) is 0 Å². The Morgan fingerprint density at radius 2 is 1.34 bits per heavy atom. The summed E-state index contributed by atoms with van der Waals surface area (Å²) in [7, 11) is -1.35. The van der Waals surface area contributed by atoms with E-state index in [2.05, 4.69) is 162 Å². The first-order chi connectivity index (χ1) is 22.1. The normalized spacial score (nSPS) is 11.0. The van der Waals surface area contributed by atoms with Crippen molar-refractivity contribution in [3.8, 4) is 33.6 Å². The van der Waals surface area contributed by atoms with Crippen LogP contribution >= 0.6 is 0 Å². The molecule has 1 radical (unpaired) electrons. The Morgan fingerprint density at radius 3 is 1.98 bits per heavy atom. The Labute approximate surface area is 296 Å². The number of pyridine rings is 2. The zero-order chi connectivity index (χ0) is 32.7. The van der Waals surface area contributed by atoms with Crippen LogP contribution in [0.1, 0.15) is 47.6 Å². The molecule has 0 saturated carbocycles. The average Bonchev–Trinajstić information content (AvgIpc) is 3.07. The number of nitrogens with zero attached hydrogens (tertiary/aromatic N) is 2. The topological polar surface area (TPSA) is 25.8 Å². The summed E-state index contributed by atoms with van der Waals surface area (Å²) in [5.74, 6) is 0.531. The quantitative estimate of drug-likeness (QED) is 0.119. The van der Waals surface area contributed by atoms with Gasteiger partial charge in [0.25, 0.3) is 0 Å². The molecule has 0 saturated heterocycles. The number of benzene rings is 4. The van der Waals surface area contributed by atoms with Crippen LogP contribution in [-0.4, -0.2) is 18.0 Å². The zero-order valence-electron chi connectivity index (χ0n) is 28.6. The van der Waals surface area contributed by atoms with Crippen molar-refractivity contribution >= 4 is 13.3 Å². The van der Waals surface area contributed by atoms with E-state index in [1.165, 1.54) is 44.1 Å². The molecular weight excluding hydrogens is 765 g/mol. The molecule has 0 N–H and O–H groups in total. The van der Waals surface area contributed by atoms with Gasteiger partial charge in [-0.3, -0.25) is 0 Å². The molecule has 2 heterocycles. The fourth-order valence-electron chi connectivity index (χ4n) is 5.53. The molecule has 4 aromatic carbocycles. The minimum atomic E-state index is -1.35. The van der Waals surface area contributed by atoms with Gasteiger partial charge in [-0.05, 0) is 58.1 Å². The molecule has 0 aliphatic rings. The SMILES string of the molecule is Cc1c[c-]c(-c2cc(C(C)C)c([Si](C)(C)C)cn2)cc1.Cc1cnc(-c2[c-]ccc(-c3ccccc3)c2)cc1Cc1ccccc1.[Ir]. The minimum absolute atomic E-state index is 0. The first-order valence-electron chi connectivity index (χ1n) is 16.1. The van der Waals surface area contributed by atoms with Crippen molar-refractivity contribution in [2.75, 3.05) is 0 Å². The van der Waals surface area contributed by atoms with E-state index in [0.717, 1.165) is 28.9 Å². The summed E-state index contributed by atoms with van der Waals surface area (Å²) in [6.07, 6.45) is 4.99. The van der Waals surface area contributed by atoms with Gasteiger partial charge in [-0.2, -0.15) is 0 Å². The van der Waals surface area contributed by atoms with Gasteiger partial charge in [0, 0.05) is 32.5 Å². The van der Waals surface area contributed by atoms with E-state index in [4.69, 9.17) is 4.98 Å². The van der Waals surface area contributed by atoms with Crippen LogP contribution in [0.15, 0.2) is 122 Å². The standard InChI is InChI=1S/C25H20N.C18H24NSi.Ir/c1-19-18-26-25(17-24(19)15-20-9-4-2-5-10-20)23-14-8-13-22(16-23)21-11-6-3-7-12-21;1-13(2)16-11-17(15-9-7-14(3)8-10-15)19-12-18(16)20(4,5)6;/h2-13,16-18H,15H2,1H3;7-9,11-13H,1-6H3;/q2*-1;. The van der Waals surface area contributed by atoms with Crippen molar-refractivity contribution in [3.63, 3.8) is 0 Å². The fourth-order valence-corrected chi connectivity index (χ4v) is 7.21. The minimum Gasteiger partial charge on any atom is -0.305 e. The van der Waals surface area contributed by atoms with E-state index in [1.807, 2.05) is 24.4 Å². The van der Waals surface area contributed by atoms with Crippen LogP contribution in [0.3, 0.4) is 0 Å². The largest absolute Gasteiger partial charge is 0.305 e. The Hall–Kier alpha value is -3.95. The van der Waals surface area contributed by atoms with Gasteiger partial charge in [0.2, 0.25) is 0 Å². The monoisotopic (exact) mass is 809 g/mol. The van der Waals surface area contributed by atoms with Crippen LogP contribution < -0.4 is 5.19 Å². The summed E-state index contributed by atoms with van der Waals surface area (Å²) in [6.45, 7) is 15.9. The van der Waals surface area contributed by atoms with E-state index >= 15 is 0 Å². The third-order valence-electron chi connectivity index (χ3n) is 8.25. The van der Waals surface area contributed by atoms with Crippen molar-refractivity contribution in [2.45, 2.75) is 59.7 Å². The summed E-state index contributed by atoms with van der Waals surface area (Å²) < 4.78 is 0. The third kappa shape index (κ3) is 9.55. The summed E-state index contributed by atoms with van der Waals surface area (Å²) in [5.41, 5.74) is 13.0. The van der Waals surface area contributed by atoms with Crippen molar-refractivity contribution in [1.82, 2.24) is 9.97 Å². The van der Waals surface area contributed by atoms with Gasteiger partial charge in [-0.1, -0.05) is 119 Å². The van der Waals surface area contributed by atoms with Crippen LogP contribution in [0.4, 0.5) is 0 Å². The van der Waals surface area contributed by atoms with Gasteiger partial charge in [0.15, 0.2) is 0 Å². The van der Waals surface area contributed by atoms with Crippen LogP contribution in [0, 0.1) is 26.0 Å². The summed E-state index contributed by atoms with van der Waals surface area (Å²) >= 11 is 0. The van der Waals surface area contributed by atoms with Gasteiger partial charge in [-0.15, -0.1) is 70.8 Å². The molecule has 6 aromatic rings. The van der Waals surface area contributed by atoms with Crippen LogP contribution in [0.5, 0.6) is 0 Å². The van der Waals surface area contributed by atoms with Crippen molar-refractivity contribution in [1.29, 1.82) is 0 Å². The molecule has 0 fully saturated rings. The van der Waals surface area contributed by atoms with Gasteiger partial charge in [0.1, 0.15) is 0 Å². The molecule has 0 atom stereocenters. The van der Waals surface area contributed by atoms with E-state index < -0.39 is 8.07 Å².